The molecule has 7 heteroatoms. The number of benzene rings is 2. The number of nitrogens with zero attached hydrogens (tertiary/aromatic N) is 1. The highest BCUT2D eigenvalue weighted by molar-refractivity contribution is 5.94. The highest BCUT2D eigenvalue weighted by atomic mass is 16.5. The van der Waals surface area contributed by atoms with E-state index < -0.39 is 0 Å². The van der Waals surface area contributed by atoms with Gasteiger partial charge in [-0.15, -0.1) is 0 Å². The van der Waals surface area contributed by atoms with Crippen molar-refractivity contribution in [2.24, 2.45) is 5.92 Å². The van der Waals surface area contributed by atoms with Crippen LogP contribution in [0, 0.1) is 5.92 Å². The maximum Gasteiger partial charge on any atom is 0.251 e. The Bertz CT molecular complexity index is 1090. The summed E-state index contributed by atoms with van der Waals surface area (Å²) in [5.74, 6) is 1.10. The minimum absolute atomic E-state index is 0.139. The topological polar surface area (TPSA) is 85.6 Å². The second-order valence-electron chi connectivity index (χ2n) is 9.02. The van der Waals surface area contributed by atoms with Gasteiger partial charge in [-0.3, -0.25) is 4.79 Å². The fourth-order valence-corrected chi connectivity index (χ4v) is 4.02. The maximum atomic E-state index is 13.0. The number of hydrogen-bond donors (Lipinski definition) is 2. The summed E-state index contributed by atoms with van der Waals surface area (Å²) in [6, 6.07) is 14.1. The lowest BCUT2D eigenvalue weighted by atomic mass is 9.99. The normalized spacial score (nSPS) is 14.7. The lowest BCUT2D eigenvalue weighted by Crippen LogP contribution is -2.23. The minimum Gasteiger partial charge on any atom is -0.491 e. The summed E-state index contributed by atoms with van der Waals surface area (Å²) in [6.45, 7) is 7.86. The zero-order valence-corrected chi connectivity index (χ0v) is 19.9. The van der Waals surface area contributed by atoms with Crippen LogP contribution in [0.4, 0.5) is 0 Å². The Hall–Kier alpha value is -3.16. The first-order chi connectivity index (χ1) is 16.6. The molecule has 1 aliphatic rings. The van der Waals surface area contributed by atoms with Crippen LogP contribution in [-0.2, 0) is 30.7 Å². The van der Waals surface area contributed by atoms with Gasteiger partial charge in [-0.25, -0.2) is 0 Å². The molecule has 7 nitrogen and oxygen atoms in total. The van der Waals surface area contributed by atoms with Gasteiger partial charge in [-0.2, -0.15) is 0 Å². The molecule has 0 unspecified atom stereocenters. The van der Waals surface area contributed by atoms with Crippen molar-refractivity contribution in [3.05, 3.63) is 82.2 Å². The fraction of sp³-hybridized carbons (Fsp3) is 0.407. The molecule has 0 atom stereocenters. The van der Waals surface area contributed by atoms with E-state index in [0.29, 0.717) is 44.3 Å². The molecule has 1 aliphatic heterocycles. The highest BCUT2D eigenvalue weighted by Crippen LogP contribution is 2.24. The predicted octanol–water partition coefficient (Wildman–Crippen LogP) is 3.89. The first-order valence-corrected chi connectivity index (χ1v) is 11.9. The zero-order valence-electron chi connectivity index (χ0n) is 19.9. The summed E-state index contributed by atoms with van der Waals surface area (Å²) in [6.07, 6.45) is 3.10. The first-order valence-electron chi connectivity index (χ1n) is 11.9. The highest BCUT2D eigenvalue weighted by Gasteiger charge is 2.15. The summed E-state index contributed by atoms with van der Waals surface area (Å²) in [5.41, 5.74) is 5.77. The predicted molar refractivity (Wildman–Crippen MR) is 130 cm³/mol. The van der Waals surface area contributed by atoms with Gasteiger partial charge in [-0.05, 0) is 47.2 Å². The molecular formula is C27H33N3O4. The van der Waals surface area contributed by atoms with Crippen molar-refractivity contribution in [3.63, 3.8) is 0 Å². The summed E-state index contributed by atoms with van der Waals surface area (Å²) in [5, 5.41) is 10.5. The van der Waals surface area contributed by atoms with Crippen LogP contribution < -0.4 is 15.4 Å². The SMILES string of the molecule is CC(C)Cc1nocc1CNC(=O)c1ccc2c(c1)Cc1cccc(c1)CNCCOCCO2. The number of carbonyl (C=O) groups excluding carboxylic acids is 1. The number of rotatable bonds is 5. The quantitative estimate of drug-likeness (QED) is 0.597. The van der Waals surface area contributed by atoms with Crippen LogP contribution in [0.3, 0.4) is 0 Å². The average Bonchev–Trinajstić information content (AvgIpc) is 3.26. The monoisotopic (exact) mass is 463 g/mol. The molecule has 0 spiro atoms. The summed E-state index contributed by atoms with van der Waals surface area (Å²) in [4.78, 5) is 13.0. The fourth-order valence-electron chi connectivity index (χ4n) is 4.02. The van der Waals surface area contributed by atoms with Crippen LogP contribution in [0.1, 0.15) is 52.2 Å². The molecule has 2 aromatic carbocycles. The molecule has 2 heterocycles. The van der Waals surface area contributed by atoms with E-state index in [0.717, 1.165) is 42.1 Å². The second-order valence-corrected chi connectivity index (χ2v) is 9.02. The number of amides is 1. The van der Waals surface area contributed by atoms with Crippen LogP contribution in [0.2, 0.25) is 0 Å². The van der Waals surface area contributed by atoms with E-state index in [9.17, 15) is 4.79 Å². The largest absolute Gasteiger partial charge is 0.491 e. The number of aromatic nitrogens is 1. The second kappa shape index (κ2) is 11.8. The van der Waals surface area contributed by atoms with Crippen molar-refractivity contribution in [2.45, 2.75) is 39.8 Å². The minimum atomic E-state index is -0.139. The van der Waals surface area contributed by atoms with Gasteiger partial charge in [0.15, 0.2) is 0 Å². The van der Waals surface area contributed by atoms with Crippen molar-refractivity contribution < 1.29 is 18.8 Å². The standard InChI is InChI=1S/C27H33N3O4/c1-19(2)12-25-24(18-34-30-25)17-29-27(31)22-6-7-26-23(15-22)14-20-4-3-5-21(13-20)16-28-8-9-32-10-11-33-26/h3-7,13,15,18-19,28H,8-12,14,16-17H2,1-2H3,(H,29,31). The number of hydrogen-bond acceptors (Lipinski definition) is 6. The van der Waals surface area contributed by atoms with Crippen molar-refractivity contribution in [1.29, 1.82) is 0 Å². The van der Waals surface area contributed by atoms with E-state index in [1.165, 1.54) is 11.1 Å². The molecule has 0 saturated heterocycles. The van der Waals surface area contributed by atoms with Gasteiger partial charge in [0.1, 0.15) is 18.6 Å². The van der Waals surface area contributed by atoms with E-state index in [1.807, 2.05) is 12.1 Å². The van der Waals surface area contributed by atoms with Crippen LogP contribution in [0.5, 0.6) is 5.75 Å². The smallest absolute Gasteiger partial charge is 0.251 e. The lowest BCUT2D eigenvalue weighted by Gasteiger charge is -2.15. The van der Waals surface area contributed by atoms with Gasteiger partial charge in [0, 0.05) is 37.2 Å². The van der Waals surface area contributed by atoms with Crippen molar-refractivity contribution in [2.75, 3.05) is 26.4 Å². The van der Waals surface area contributed by atoms with E-state index >= 15 is 0 Å². The molecule has 180 valence electrons. The first kappa shape index (κ1) is 24.0. The number of carbonyl (C=O) groups is 1. The van der Waals surface area contributed by atoms with Gasteiger partial charge in [0.05, 0.1) is 18.9 Å². The number of fused-ring (bicyclic) bond motifs is 3. The van der Waals surface area contributed by atoms with Crippen LogP contribution in [0.25, 0.3) is 0 Å². The molecule has 4 rings (SSSR count). The van der Waals surface area contributed by atoms with Gasteiger partial charge in [-0.1, -0.05) is 43.3 Å². The molecule has 0 radical (unpaired) electrons. The molecule has 0 aliphatic carbocycles. The Balaban J connectivity index is 1.51. The Labute approximate surface area is 200 Å². The molecule has 34 heavy (non-hydrogen) atoms. The molecule has 0 fully saturated rings. The summed E-state index contributed by atoms with van der Waals surface area (Å²) >= 11 is 0. The Kier molecular flexibility index (Phi) is 8.33. The average molecular weight is 464 g/mol. The van der Waals surface area contributed by atoms with E-state index in [1.54, 1.807) is 12.3 Å². The zero-order chi connectivity index (χ0) is 23.8. The van der Waals surface area contributed by atoms with Crippen molar-refractivity contribution in [3.8, 4) is 5.75 Å². The van der Waals surface area contributed by atoms with Gasteiger partial charge >= 0.3 is 0 Å². The molecule has 2 bridgehead atoms. The molecule has 2 N–H and O–H groups in total. The van der Waals surface area contributed by atoms with Crippen molar-refractivity contribution in [1.82, 2.24) is 15.8 Å². The lowest BCUT2D eigenvalue weighted by molar-refractivity contribution is 0.0949. The van der Waals surface area contributed by atoms with E-state index in [4.69, 9.17) is 14.0 Å². The number of nitrogens with one attached hydrogen (secondary N) is 2. The summed E-state index contributed by atoms with van der Waals surface area (Å²) in [7, 11) is 0. The van der Waals surface area contributed by atoms with Gasteiger partial charge < -0.3 is 24.6 Å². The Morgan fingerprint density at radius 3 is 2.88 bits per heavy atom. The molecule has 1 amide bonds. The maximum absolute atomic E-state index is 13.0. The Morgan fingerprint density at radius 1 is 1.12 bits per heavy atom. The molecule has 0 saturated carbocycles. The number of ether oxygens (including phenoxy) is 2. The summed E-state index contributed by atoms with van der Waals surface area (Å²) < 4.78 is 16.8. The van der Waals surface area contributed by atoms with E-state index in [2.05, 4.69) is 53.9 Å². The van der Waals surface area contributed by atoms with Gasteiger partial charge in [0.25, 0.3) is 5.91 Å². The van der Waals surface area contributed by atoms with E-state index in [-0.39, 0.29) is 5.91 Å². The molecular weight excluding hydrogens is 430 g/mol. The Morgan fingerprint density at radius 2 is 2.00 bits per heavy atom. The molecule has 1 aromatic heterocycles. The third-order valence-electron chi connectivity index (χ3n) is 5.72. The molecule has 3 aromatic rings. The third-order valence-corrected chi connectivity index (χ3v) is 5.72. The van der Waals surface area contributed by atoms with Crippen LogP contribution in [0.15, 0.2) is 53.3 Å². The van der Waals surface area contributed by atoms with Crippen LogP contribution >= 0.6 is 0 Å². The van der Waals surface area contributed by atoms with Crippen LogP contribution in [-0.4, -0.2) is 37.4 Å². The third kappa shape index (κ3) is 6.68. The van der Waals surface area contributed by atoms with Gasteiger partial charge in [0.2, 0.25) is 0 Å². The van der Waals surface area contributed by atoms with Crippen molar-refractivity contribution >= 4 is 5.91 Å².